The van der Waals surface area contributed by atoms with Gasteiger partial charge in [0.05, 0.1) is 6.04 Å². The maximum atomic E-state index is 13.9. The van der Waals surface area contributed by atoms with Crippen molar-refractivity contribution in [1.29, 1.82) is 0 Å². The lowest BCUT2D eigenvalue weighted by Crippen LogP contribution is -2.20. The van der Waals surface area contributed by atoms with E-state index in [9.17, 15) is 17.6 Å². The molecule has 2 aromatic rings. The molecule has 2 aromatic carbocycles. The summed E-state index contributed by atoms with van der Waals surface area (Å²) in [5.74, 6) is -4.62. The number of nitrogens with one attached hydrogen (secondary N) is 1. The Morgan fingerprint density at radius 2 is 1.62 bits per heavy atom. The van der Waals surface area contributed by atoms with E-state index >= 15 is 0 Å². The molecule has 0 spiro atoms. The van der Waals surface area contributed by atoms with Gasteiger partial charge in [0.25, 0.3) is 0 Å². The van der Waals surface area contributed by atoms with Gasteiger partial charge >= 0.3 is 0 Å². The molecule has 1 nitrogen and oxygen atoms in total. The Labute approximate surface area is 124 Å². The fourth-order valence-electron chi connectivity index (χ4n) is 2.14. The number of halogens is 5. The number of hydrogen-bond acceptors (Lipinski definition) is 1. The Kier molecular flexibility index (Phi) is 4.54. The summed E-state index contributed by atoms with van der Waals surface area (Å²) in [5.41, 5.74) is 0.588. The van der Waals surface area contributed by atoms with E-state index in [4.69, 9.17) is 11.6 Å². The Morgan fingerprint density at radius 3 is 2.24 bits per heavy atom. The van der Waals surface area contributed by atoms with Gasteiger partial charge in [-0.25, -0.2) is 17.6 Å². The summed E-state index contributed by atoms with van der Waals surface area (Å²) in [5, 5.41) is 2.84. The van der Waals surface area contributed by atoms with Crippen LogP contribution in [0.4, 0.5) is 17.6 Å². The smallest absolute Gasteiger partial charge is 0.194 e. The third-order valence-corrected chi connectivity index (χ3v) is 3.58. The molecule has 0 bridgehead atoms. The van der Waals surface area contributed by atoms with Crippen molar-refractivity contribution in [2.45, 2.75) is 13.0 Å². The van der Waals surface area contributed by atoms with E-state index in [0.29, 0.717) is 11.1 Å². The molecule has 1 unspecified atom stereocenters. The minimum Gasteiger partial charge on any atom is -0.309 e. The Balaban J connectivity index is 2.60. The second-order valence-corrected chi connectivity index (χ2v) is 5.02. The molecule has 0 radical (unpaired) electrons. The summed E-state index contributed by atoms with van der Waals surface area (Å²) in [6, 6.07) is 3.69. The van der Waals surface area contributed by atoms with E-state index in [-0.39, 0.29) is 10.6 Å². The van der Waals surface area contributed by atoms with Crippen LogP contribution in [0.25, 0.3) is 0 Å². The monoisotopic (exact) mass is 317 g/mol. The topological polar surface area (TPSA) is 12.0 Å². The van der Waals surface area contributed by atoms with Crippen LogP contribution in [0, 0.1) is 30.2 Å². The summed E-state index contributed by atoms with van der Waals surface area (Å²) >= 11 is 5.98. The first-order valence-corrected chi connectivity index (χ1v) is 6.50. The van der Waals surface area contributed by atoms with E-state index in [2.05, 4.69) is 5.32 Å². The van der Waals surface area contributed by atoms with Gasteiger partial charge in [0.15, 0.2) is 17.5 Å². The maximum Gasteiger partial charge on any atom is 0.194 e. The molecule has 2 rings (SSSR count). The molecule has 0 aromatic heterocycles. The van der Waals surface area contributed by atoms with Crippen molar-refractivity contribution >= 4 is 11.6 Å². The van der Waals surface area contributed by atoms with Crippen LogP contribution in [-0.4, -0.2) is 7.05 Å². The van der Waals surface area contributed by atoms with Gasteiger partial charge in [-0.15, -0.1) is 0 Å². The fourth-order valence-corrected chi connectivity index (χ4v) is 2.40. The second kappa shape index (κ2) is 6.03. The molecule has 1 N–H and O–H groups in total. The normalized spacial score (nSPS) is 12.5. The number of rotatable bonds is 3. The van der Waals surface area contributed by atoms with Crippen LogP contribution in [-0.2, 0) is 0 Å². The van der Waals surface area contributed by atoms with Crippen molar-refractivity contribution in [3.05, 3.63) is 69.2 Å². The van der Waals surface area contributed by atoms with Gasteiger partial charge in [-0.05, 0) is 43.3 Å². The van der Waals surface area contributed by atoms with Crippen LogP contribution in [0.2, 0.25) is 5.02 Å². The van der Waals surface area contributed by atoms with Gasteiger partial charge < -0.3 is 5.32 Å². The van der Waals surface area contributed by atoms with Crippen molar-refractivity contribution in [3.63, 3.8) is 0 Å². The molecule has 0 aliphatic heterocycles. The lowest BCUT2D eigenvalue weighted by Gasteiger charge is -2.20. The average molecular weight is 318 g/mol. The summed E-state index contributed by atoms with van der Waals surface area (Å²) in [4.78, 5) is 0. The maximum absolute atomic E-state index is 13.9. The molecule has 0 fully saturated rings. The van der Waals surface area contributed by atoms with E-state index < -0.39 is 29.3 Å². The van der Waals surface area contributed by atoms with Gasteiger partial charge in [-0.2, -0.15) is 0 Å². The van der Waals surface area contributed by atoms with E-state index in [1.807, 2.05) is 0 Å². The first-order chi connectivity index (χ1) is 9.86. The first-order valence-electron chi connectivity index (χ1n) is 6.13. The zero-order valence-electron chi connectivity index (χ0n) is 11.3. The molecular formula is C15H12ClF4N. The molecule has 0 amide bonds. The minimum absolute atomic E-state index is 0.0709. The van der Waals surface area contributed by atoms with Crippen molar-refractivity contribution < 1.29 is 17.6 Å². The van der Waals surface area contributed by atoms with Crippen LogP contribution in [0.1, 0.15) is 22.7 Å². The largest absolute Gasteiger partial charge is 0.309 e. The molecule has 112 valence electrons. The molecule has 21 heavy (non-hydrogen) atoms. The minimum atomic E-state index is -1.55. The predicted molar refractivity (Wildman–Crippen MR) is 73.4 cm³/mol. The third kappa shape index (κ3) is 2.89. The highest BCUT2D eigenvalue weighted by atomic mass is 35.5. The summed E-state index contributed by atoms with van der Waals surface area (Å²) < 4.78 is 53.8. The molecule has 0 saturated carbocycles. The van der Waals surface area contributed by atoms with Crippen molar-refractivity contribution in [2.75, 3.05) is 7.05 Å². The summed E-state index contributed by atoms with van der Waals surface area (Å²) in [6.45, 7) is 1.53. The molecular weight excluding hydrogens is 306 g/mol. The molecule has 0 aliphatic rings. The second-order valence-electron chi connectivity index (χ2n) is 4.61. The zero-order chi connectivity index (χ0) is 15.7. The lowest BCUT2D eigenvalue weighted by molar-refractivity contribution is 0.435. The van der Waals surface area contributed by atoms with Gasteiger partial charge in [-0.1, -0.05) is 17.7 Å². The van der Waals surface area contributed by atoms with Gasteiger partial charge in [0.1, 0.15) is 5.82 Å². The Bertz CT molecular complexity index is 686. The number of hydrogen-bond donors (Lipinski definition) is 1. The van der Waals surface area contributed by atoms with Crippen LogP contribution in [0.5, 0.6) is 0 Å². The van der Waals surface area contributed by atoms with E-state index in [1.165, 1.54) is 20.0 Å². The highest BCUT2D eigenvalue weighted by Gasteiger charge is 2.23. The number of aryl methyl sites for hydroxylation is 1. The van der Waals surface area contributed by atoms with Crippen molar-refractivity contribution in [2.24, 2.45) is 0 Å². The van der Waals surface area contributed by atoms with Gasteiger partial charge in [-0.3, -0.25) is 0 Å². The third-order valence-electron chi connectivity index (χ3n) is 3.25. The quantitative estimate of drug-likeness (QED) is 0.648. The Hall–Kier alpha value is -1.59. The Morgan fingerprint density at radius 1 is 0.952 bits per heavy atom. The first kappa shape index (κ1) is 15.8. The molecule has 6 heteroatoms. The zero-order valence-corrected chi connectivity index (χ0v) is 12.0. The van der Waals surface area contributed by atoms with Crippen LogP contribution < -0.4 is 5.32 Å². The van der Waals surface area contributed by atoms with Crippen LogP contribution in [0.15, 0.2) is 24.3 Å². The summed E-state index contributed by atoms with van der Waals surface area (Å²) in [6.07, 6.45) is 0. The lowest BCUT2D eigenvalue weighted by atomic mass is 9.96. The number of benzene rings is 2. The van der Waals surface area contributed by atoms with Crippen molar-refractivity contribution in [1.82, 2.24) is 5.32 Å². The molecule has 1 atom stereocenters. The van der Waals surface area contributed by atoms with Gasteiger partial charge in [0.2, 0.25) is 0 Å². The highest BCUT2D eigenvalue weighted by molar-refractivity contribution is 6.31. The average Bonchev–Trinajstić information content (AvgIpc) is 2.44. The highest BCUT2D eigenvalue weighted by Crippen LogP contribution is 2.32. The fraction of sp³-hybridized carbons (Fsp3) is 0.200. The van der Waals surface area contributed by atoms with E-state index in [1.54, 1.807) is 0 Å². The SMILES string of the molecule is CNC(c1cc(C)c(F)cc1Cl)c1ccc(F)c(F)c1F. The predicted octanol–water partition coefficient (Wildman–Crippen LogP) is 4.51. The van der Waals surface area contributed by atoms with Crippen molar-refractivity contribution in [3.8, 4) is 0 Å². The molecule has 0 heterocycles. The molecule has 0 aliphatic carbocycles. The van der Waals surface area contributed by atoms with E-state index in [0.717, 1.165) is 18.2 Å². The van der Waals surface area contributed by atoms with Gasteiger partial charge in [0, 0.05) is 10.6 Å². The molecule has 0 saturated heterocycles. The summed E-state index contributed by atoms with van der Waals surface area (Å²) in [7, 11) is 1.51. The van der Waals surface area contributed by atoms with Crippen LogP contribution >= 0.6 is 11.6 Å². The van der Waals surface area contributed by atoms with Crippen LogP contribution in [0.3, 0.4) is 0 Å². The standard InChI is InChI=1S/C15H12ClF4N/c1-7-5-9(10(16)6-12(7)18)15(21-2)8-3-4-11(17)14(20)13(8)19/h3-6,15,21H,1-2H3.